The van der Waals surface area contributed by atoms with Crippen molar-refractivity contribution in [3.63, 3.8) is 0 Å². The van der Waals surface area contributed by atoms with Gasteiger partial charge in [-0.15, -0.1) is 0 Å². The van der Waals surface area contributed by atoms with Crippen molar-refractivity contribution in [3.05, 3.63) is 59.7 Å². The molecule has 1 amide bonds. The highest BCUT2D eigenvalue weighted by atomic mass is 16.6. The summed E-state index contributed by atoms with van der Waals surface area (Å²) in [6.07, 6.45) is 1.42. The average Bonchev–Trinajstić information content (AvgIpc) is 2.94. The van der Waals surface area contributed by atoms with Gasteiger partial charge in [-0.1, -0.05) is 62.4 Å². The fourth-order valence-corrected chi connectivity index (χ4v) is 3.47. The van der Waals surface area contributed by atoms with Gasteiger partial charge >= 0.3 is 6.09 Å². The van der Waals surface area contributed by atoms with Crippen molar-refractivity contribution in [1.82, 2.24) is 4.90 Å². The molecule has 2 aromatic carbocycles. The molecule has 0 fully saturated rings. The van der Waals surface area contributed by atoms with Crippen molar-refractivity contribution < 1.29 is 14.3 Å². The highest BCUT2D eigenvalue weighted by Crippen LogP contribution is 2.44. The minimum Gasteiger partial charge on any atom is -0.448 e. The number of ether oxygens (including phenoxy) is 1. The number of fused-ring (bicyclic) bond motifs is 3. The van der Waals surface area contributed by atoms with Gasteiger partial charge in [-0.2, -0.15) is 0 Å². The molecule has 25 heavy (non-hydrogen) atoms. The first-order valence-electron chi connectivity index (χ1n) is 8.50. The Bertz CT molecular complexity index is 739. The van der Waals surface area contributed by atoms with Gasteiger partial charge in [0.25, 0.3) is 0 Å². The van der Waals surface area contributed by atoms with E-state index in [2.05, 4.69) is 24.3 Å². The Morgan fingerprint density at radius 1 is 1.08 bits per heavy atom. The van der Waals surface area contributed by atoms with Gasteiger partial charge in [0.15, 0.2) is 0 Å². The number of hydrogen-bond donors (Lipinski definition) is 0. The molecule has 0 N–H and O–H groups in total. The predicted octanol–water partition coefficient (Wildman–Crippen LogP) is 4.00. The lowest BCUT2D eigenvalue weighted by molar-refractivity contribution is 0.0965. The van der Waals surface area contributed by atoms with E-state index < -0.39 is 12.1 Å². The van der Waals surface area contributed by atoms with Crippen LogP contribution in [0.1, 0.15) is 30.9 Å². The fourth-order valence-electron chi connectivity index (χ4n) is 3.47. The fraction of sp³-hybridized carbons (Fsp3) is 0.333. The maximum atomic E-state index is 12.4. The van der Waals surface area contributed by atoms with E-state index in [4.69, 9.17) is 4.74 Å². The molecule has 0 saturated heterocycles. The lowest BCUT2D eigenvalue weighted by atomic mass is 9.98. The standard InChI is InChI=1S/C21H22NO3/c1-14(2)20(12-23)22(3)21(24)25-13-19-17-10-6-4-8-15(17)16-9-5-7-11-18(16)19/h4-11,14,19-20H,13H2,1-3H3/t20-/m1/s1. The first kappa shape index (κ1) is 17.2. The second-order valence-corrected chi connectivity index (χ2v) is 6.72. The highest BCUT2D eigenvalue weighted by molar-refractivity contribution is 5.79. The van der Waals surface area contributed by atoms with Crippen LogP contribution in [0.2, 0.25) is 0 Å². The minimum absolute atomic E-state index is 0.0111. The molecule has 0 aliphatic heterocycles. The lowest BCUT2D eigenvalue weighted by Gasteiger charge is -2.26. The maximum absolute atomic E-state index is 12.4. The first-order chi connectivity index (χ1) is 12.0. The zero-order valence-corrected chi connectivity index (χ0v) is 14.7. The van der Waals surface area contributed by atoms with E-state index in [1.807, 2.05) is 44.4 Å². The van der Waals surface area contributed by atoms with Crippen LogP contribution in [0.3, 0.4) is 0 Å². The van der Waals surface area contributed by atoms with E-state index in [-0.39, 0.29) is 18.4 Å². The second kappa shape index (κ2) is 7.09. The van der Waals surface area contributed by atoms with Gasteiger partial charge in [-0.3, -0.25) is 4.79 Å². The number of likely N-dealkylation sites (N-methyl/N-ethyl adjacent to an activating group) is 1. The number of carbonyl (C=O) groups excluding carboxylic acids is 2. The zero-order chi connectivity index (χ0) is 18.0. The second-order valence-electron chi connectivity index (χ2n) is 6.72. The van der Waals surface area contributed by atoms with Crippen LogP contribution in [0.15, 0.2) is 48.5 Å². The number of nitrogens with zero attached hydrogens (tertiary/aromatic N) is 1. The maximum Gasteiger partial charge on any atom is 0.410 e. The Kier molecular flexibility index (Phi) is 4.88. The summed E-state index contributed by atoms with van der Waals surface area (Å²) in [5.74, 6) is 0.00504. The van der Waals surface area contributed by atoms with Crippen LogP contribution >= 0.6 is 0 Å². The monoisotopic (exact) mass is 336 g/mol. The van der Waals surface area contributed by atoms with Gasteiger partial charge in [0, 0.05) is 13.0 Å². The Morgan fingerprint density at radius 3 is 2.08 bits per heavy atom. The van der Waals surface area contributed by atoms with Gasteiger partial charge in [0.1, 0.15) is 12.6 Å². The molecule has 4 nitrogen and oxygen atoms in total. The van der Waals surface area contributed by atoms with Crippen molar-refractivity contribution >= 4 is 12.4 Å². The summed E-state index contributed by atoms with van der Waals surface area (Å²) < 4.78 is 5.54. The van der Waals surface area contributed by atoms with E-state index in [9.17, 15) is 9.59 Å². The largest absolute Gasteiger partial charge is 0.448 e. The third-order valence-corrected chi connectivity index (χ3v) is 4.79. The number of amides is 1. The number of carbonyl (C=O) groups is 1. The highest BCUT2D eigenvalue weighted by Gasteiger charge is 2.30. The minimum atomic E-state index is -0.601. The summed E-state index contributed by atoms with van der Waals surface area (Å²) >= 11 is 0. The van der Waals surface area contributed by atoms with Crippen molar-refractivity contribution in [1.29, 1.82) is 0 Å². The van der Waals surface area contributed by atoms with Gasteiger partial charge in [-0.25, -0.2) is 4.79 Å². The molecule has 0 bridgehead atoms. The Morgan fingerprint density at radius 2 is 1.60 bits per heavy atom. The van der Waals surface area contributed by atoms with E-state index >= 15 is 0 Å². The molecule has 1 atom stereocenters. The summed E-state index contributed by atoms with van der Waals surface area (Å²) in [6, 6.07) is 15.8. The molecule has 0 heterocycles. The molecule has 0 spiro atoms. The van der Waals surface area contributed by atoms with Crippen LogP contribution in [0.25, 0.3) is 11.1 Å². The lowest BCUT2D eigenvalue weighted by Crippen LogP contribution is -2.42. The van der Waals surface area contributed by atoms with Crippen molar-refractivity contribution in [2.24, 2.45) is 5.92 Å². The zero-order valence-electron chi connectivity index (χ0n) is 14.7. The third kappa shape index (κ3) is 3.16. The van der Waals surface area contributed by atoms with Crippen LogP contribution in [-0.4, -0.2) is 37.0 Å². The van der Waals surface area contributed by atoms with E-state index in [0.29, 0.717) is 0 Å². The number of benzene rings is 2. The van der Waals surface area contributed by atoms with Gasteiger partial charge in [0.05, 0.1) is 0 Å². The smallest absolute Gasteiger partial charge is 0.410 e. The van der Waals surface area contributed by atoms with E-state index in [0.717, 1.165) is 0 Å². The van der Waals surface area contributed by atoms with Crippen LogP contribution < -0.4 is 0 Å². The molecule has 0 unspecified atom stereocenters. The summed E-state index contributed by atoms with van der Waals surface area (Å²) in [7, 11) is 1.58. The molecule has 2 aromatic rings. The molecular formula is C21H22NO3. The summed E-state index contributed by atoms with van der Waals surface area (Å²) in [5.41, 5.74) is 4.71. The first-order valence-corrected chi connectivity index (χ1v) is 8.50. The molecule has 0 aromatic heterocycles. The number of hydrogen-bond acceptors (Lipinski definition) is 3. The quantitative estimate of drug-likeness (QED) is 0.829. The van der Waals surface area contributed by atoms with Crippen LogP contribution in [0.4, 0.5) is 4.79 Å². The molecule has 129 valence electrons. The molecule has 1 radical (unpaired) electrons. The van der Waals surface area contributed by atoms with Gasteiger partial charge in [-0.05, 0) is 28.2 Å². The average molecular weight is 336 g/mol. The Hall–Kier alpha value is -2.62. The SMILES string of the molecule is CC(C)[C@@H]([C]=O)N(C)C(=O)OCC1c2ccccc2-c2ccccc21. The topological polar surface area (TPSA) is 46.6 Å². The van der Waals surface area contributed by atoms with Gasteiger partial charge in [0.2, 0.25) is 6.29 Å². The molecular weight excluding hydrogens is 314 g/mol. The predicted molar refractivity (Wildman–Crippen MR) is 97.2 cm³/mol. The molecule has 1 aliphatic carbocycles. The van der Waals surface area contributed by atoms with Crippen LogP contribution in [0, 0.1) is 5.92 Å². The van der Waals surface area contributed by atoms with Crippen LogP contribution in [0.5, 0.6) is 0 Å². The molecule has 4 heteroatoms. The van der Waals surface area contributed by atoms with E-state index in [1.165, 1.54) is 27.2 Å². The van der Waals surface area contributed by atoms with Crippen molar-refractivity contribution in [2.75, 3.05) is 13.7 Å². The number of rotatable bonds is 5. The Balaban J connectivity index is 1.78. The summed E-state index contributed by atoms with van der Waals surface area (Å²) in [6.45, 7) is 4.01. The summed E-state index contributed by atoms with van der Waals surface area (Å²) in [4.78, 5) is 24.8. The molecule has 0 saturated carbocycles. The van der Waals surface area contributed by atoms with Crippen molar-refractivity contribution in [2.45, 2.75) is 25.8 Å². The van der Waals surface area contributed by atoms with E-state index in [1.54, 1.807) is 7.05 Å². The van der Waals surface area contributed by atoms with Crippen molar-refractivity contribution in [3.8, 4) is 11.1 Å². The Labute approximate surface area is 148 Å². The third-order valence-electron chi connectivity index (χ3n) is 4.79. The molecule has 3 rings (SSSR count). The van der Waals surface area contributed by atoms with Crippen LogP contribution in [-0.2, 0) is 9.53 Å². The summed E-state index contributed by atoms with van der Waals surface area (Å²) in [5, 5.41) is 0. The normalized spacial score (nSPS) is 13.9. The molecule has 1 aliphatic rings. The van der Waals surface area contributed by atoms with Gasteiger partial charge < -0.3 is 9.64 Å².